The first-order chi connectivity index (χ1) is 11.5. The second-order valence-electron chi connectivity index (χ2n) is 6.95. The monoisotopic (exact) mass is 339 g/mol. The Morgan fingerprint density at radius 2 is 1.67 bits per heavy atom. The van der Waals surface area contributed by atoms with E-state index in [-0.39, 0.29) is 29.9 Å². The van der Waals surface area contributed by atoms with Gasteiger partial charge in [0.25, 0.3) is 0 Å². The van der Waals surface area contributed by atoms with Crippen LogP contribution < -0.4 is 16.0 Å². The first-order valence-electron chi connectivity index (χ1n) is 9.11. The molecule has 2 saturated carbocycles. The average molecular weight is 339 g/mol. The molecule has 0 aromatic heterocycles. The van der Waals surface area contributed by atoms with Gasteiger partial charge in [0.2, 0.25) is 5.91 Å². The minimum Gasteiger partial charge on any atom is -0.481 e. The minimum atomic E-state index is -0.778. The Labute approximate surface area is 142 Å². The van der Waals surface area contributed by atoms with Crippen molar-refractivity contribution in [1.82, 2.24) is 16.0 Å². The highest BCUT2D eigenvalue weighted by Gasteiger charge is 2.30. The van der Waals surface area contributed by atoms with Crippen molar-refractivity contribution in [2.45, 2.75) is 76.3 Å². The van der Waals surface area contributed by atoms with E-state index in [4.69, 9.17) is 5.11 Å². The quantitative estimate of drug-likeness (QED) is 0.530. The maximum absolute atomic E-state index is 11.9. The Balaban J connectivity index is 1.51. The van der Waals surface area contributed by atoms with E-state index in [0.29, 0.717) is 32.2 Å². The van der Waals surface area contributed by atoms with E-state index in [0.717, 1.165) is 19.3 Å². The Kier molecular flexibility index (Phi) is 7.34. The lowest BCUT2D eigenvalue weighted by Gasteiger charge is -2.22. The van der Waals surface area contributed by atoms with Crippen molar-refractivity contribution in [2.24, 2.45) is 5.92 Å². The molecule has 2 aliphatic rings. The molecule has 0 unspecified atom stereocenters. The SMILES string of the molecule is O=C(CCCNC(=O)NC1CCCCC1)N[C@@H]1CC[C@H](C(=O)O)C1. The number of rotatable bonds is 7. The van der Waals surface area contributed by atoms with E-state index < -0.39 is 5.97 Å². The summed E-state index contributed by atoms with van der Waals surface area (Å²) in [6.45, 7) is 0.467. The summed E-state index contributed by atoms with van der Waals surface area (Å²) >= 11 is 0. The van der Waals surface area contributed by atoms with Gasteiger partial charge in [0.1, 0.15) is 0 Å². The Bertz CT molecular complexity index is 449. The largest absolute Gasteiger partial charge is 0.481 e. The van der Waals surface area contributed by atoms with Crippen LogP contribution in [-0.2, 0) is 9.59 Å². The summed E-state index contributed by atoms with van der Waals surface area (Å²) in [5.41, 5.74) is 0. The number of carboxylic acids is 1. The van der Waals surface area contributed by atoms with Gasteiger partial charge in [-0.05, 0) is 38.5 Å². The first kappa shape index (κ1) is 18.5. The Morgan fingerprint density at radius 1 is 0.917 bits per heavy atom. The summed E-state index contributed by atoms with van der Waals surface area (Å²) in [7, 11) is 0. The fourth-order valence-electron chi connectivity index (χ4n) is 3.57. The van der Waals surface area contributed by atoms with E-state index in [1.165, 1.54) is 19.3 Å². The maximum Gasteiger partial charge on any atom is 0.315 e. The van der Waals surface area contributed by atoms with E-state index in [9.17, 15) is 14.4 Å². The smallest absolute Gasteiger partial charge is 0.315 e. The highest BCUT2D eigenvalue weighted by atomic mass is 16.4. The second-order valence-corrected chi connectivity index (χ2v) is 6.95. The van der Waals surface area contributed by atoms with Gasteiger partial charge in [0.05, 0.1) is 5.92 Å². The molecule has 7 nitrogen and oxygen atoms in total. The third-order valence-corrected chi connectivity index (χ3v) is 4.95. The molecule has 0 aromatic carbocycles. The average Bonchev–Trinajstić information content (AvgIpc) is 3.01. The number of nitrogens with one attached hydrogen (secondary N) is 3. The molecule has 0 bridgehead atoms. The summed E-state index contributed by atoms with van der Waals surface area (Å²) in [5.74, 6) is -1.18. The van der Waals surface area contributed by atoms with Gasteiger partial charge in [0.15, 0.2) is 0 Å². The van der Waals surface area contributed by atoms with Gasteiger partial charge in [-0.3, -0.25) is 9.59 Å². The zero-order valence-electron chi connectivity index (χ0n) is 14.2. The van der Waals surface area contributed by atoms with Crippen LogP contribution in [0.1, 0.15) is 64.2 Å². The number of aliphatic carboxylic acids is 1. The van der Waals surface area contributed by atoms with Crippen molar-refractivity contribution in [3.63, 3.8) is 0 Å². The molecule has 7 heteroatoms. The van der Waals surface area contributed by atoms with Gasteiger partial charge in [0, 0.05) is 25.0 Å². The van der Waals surface area contributed by atoms with Crippen molar-refractivity contribution < 1.29 is 19.5 Å². The first-order valence-corrected chi connectivity index (χ1v) is 9.11. The van der Waals surface area contributed by atoms with E-state index in [1.807, 2.05) is 0 Å². The zero-order chi connectivity index (χ0) is 17.4. The highest BCUT2D eigenvalue weighted by Crippen LogP contribution is 2.25. The lowest BCUT2D eigenvalue weighted by atomic mass is 9.96. The molecule has 3 amide bonds. The van der Waals surface area contributed by atoms with Crippen LogP contribution >= 0.6 is 0 Å². The molecule has 24 heavy (non-hydrogen) atoms. The predicted octanol–water partition coefficient (Wildman–Crippen LogP) is 1.77. The Morgan fingerprint density at radius 3 is 2.33 bits per heavy atom. The molecule has 0 aromatic rings. The van der Waals surface area contributed by atoms with Crippen molar-refractivity contribution >= 4 is 17.9 Å². The minimum absolute atomic E-state index is 0.0267. The molecule has 136 valence electrons. The molecule has 0 saturated heterocycles. The van der Waals surface area contributed by atoms with Gasteiger partial charge in [-0.2, -0.15) is 0 Å². The van der Waals surface area contributed by atoms with Gasteiger partial charge in [-0.15, -0.1) is 0 Å². The van der Waals surface area contributed by atoms with Crippen molar-refractivity contribution in [3.05, 3.63) is 0 Å². The van der Waals surface area contributed by atoms with E-state index in [1.54, 1.807) is 0 Å². The van der Waals surface area contributed by atoms with Gasteiger partial charge in [-0.25, -0.2) is 4.79 Å². The number of carboxylic acid groups (broad SMARTS) is 1. The molecule has 2 atom stereocenters. The van der Waals surface area contributed by atoms with E-state index >= 15 is 0 Å². The predicted molar refractivity (Wildman–Crippen MR) is 89.5 cm³/mol. The molecule has 0 heterocycles. The molecular weight excluding hydrogens is 310 g/mol. The summed E-state index contributed by atoms with van der Waals surface area (Å²) in [6, 6.07) is 0.107. The normalized spacial score (nSPS) is 24.3. The van der Waals surface area contributed by atoms with Gasteiger partial charge < -0.3 is 21.1 Å². The van der Waals surface area contributed by atoms with Crippen molar-refractivity contribution in [1.29, 1.82) is 0 Å². The Hall–Kier alpha value is -1.79. The number of hydrogen-bond acceptors (Lipinski definition) is 3. The van der Waals surface area contributed by atoms with Crippen LogP contribution in [-0.4, -0.2) is 41.6 Å². The zero-order valence-corrected chi connectivity index (χ0v) is 14.2. The van der Waals surface area contributed by atoms with Crippen molar-refractivity contribution in [2.75, 3.05) is 6.54 Å². The second kappa shape index (κ2) is 9.49. The third-order valence-electron chi connectivity index (χ3n) is 4.95. The number of carbonyl (C=O) groups is 3. The van der Waals surface area contributed by atoms with Crippen LogP contribution in [0.25, 0.3) is 0 Å². The molecule has 2 rings (SSSR count). The third kappa shape index (κ3) is 6.37. The molecule has 2 fully saturated rings. The maximum atomic E-state index is 11.9. The number of amides is 3. The van der Waals surface area contributed by atoms with E-state index in [2.05, 4.69) is 16.0 Å². The van der Waals surface area contributed by atoms with Gasteiger partial charge in [-0.1, -0.05) is 19.3 Å². The van der Waals surface area contributed by atoms with Crippen LogP contribution in [0.4, 0.5) is 4.79 Å². The number of urea groups is 1. The molecule has 0 radical (unpaired) electrons. The molecular formula is C17H29N3O4. The summed E-state index contributed by atoms with van der Waals surface area (Å²) < 4.78 is 0. The lowest BCUT2D eigenvalue weighted by molar-refractivity contribution is -0.141. The molecule has 0 aliphatic heterocycles. The highest BCUT2D eigenvalue weighted by molar-refractivity contribution is 5.77. The summed E-state index contributed by atoms with van der Waals surface area (Å²) in [5, 5.41) is 17.6. The number of hydrogen-bond donors (Lipinski definition) is 4. The van der Waals surface area contributed by atoms with Crippen LogP contribution in [0, 0.1) is 5.92 Å². The van der Waals surface area contributed by atoms with Gasteiger partial charge >= 0.3 is 12.0 Å². The summed E-state index contributed by atoms with van der Waals surface area (Å²) in [6.07, 6.45) is 8.50. The fraction of sp³-hybridized carbons (Fsp3) is 0.824. The molecule has 2 aliphatic carbocycles. The fourth-order valence-corrected chi connectivity index (χ4v) is 3.57. The molecule has 0 spiro atoms. The van der Waals surface area contributed by atoms with Crippen LogP contribution in [0.2, 0.25) is 0 Å². The standard InChI is InChI=1S/C17H29N3O4/c21-15(19-14-9-8-12(11-14)16(22)23)7-4-10-18-17(24)20-13-5-2-1-3-6-13/h12-14H,1-11H2,(H,19,21)(H,22,23)(H2,18,20,24)/t12-,14+/m0/s1. The lowest BCUT2D eigenvalue weighted by Crippen LogP contribution is -2.43. The van der Waals surface area contributed by atoms with Crippen LogP contribution in [0.5, 0.6) is 0 Å². The number of carbonyl (C=O) groups excluding carboxylic acids is 2. The van der Waals surface area contributed by atoms with Crippen LogP contribution in [0.15, 0.2) is 0 Å². The van der Waals surface area contributed by atoms with Crippen LogP contribution in [0.3, 0.4) is 0 Å². The summed E-state index contributed by atoms with van der Waals surface area (Å²) in [4.78, 5) is 34.5. The topological polar surface area (TPSA) is 108 Å². The van der Waals surface area contributed by atoms with Crippen molar-refractivity contribution in [3.8, 4) is 0 Å². The molecule has 4 N–H and O–H groups in total.